The van der Waals surface area contributed by atoms with Crippen molar-refractivity contribution in [3.8, 4) is 17.2 Å². The maximum atomic E-state index is 11.3. The summed E-state index contributed by atoms with van der Waals surface area (Å²) >= 11 is 0. The zero-order chi connectivity index (χ0) is 19.1. The number of hydrogen-bond acceptors (Lipinski definition) is 5. The van der Waals surface area contributed by atoms with Gasteiger partial charge in [-0.15, -0.1) is 0 Å². The quantitative estimate of drug-likeness (QED) is 0.425. The van der Waals surface area contributed by atoms with E-state index in [2.05, 4.69) is 0 Å². The summed E-state index contributed by atoms with van der Waals surface area (Å²) in [6.45, 7) is 0.521. The molecule has 6 heteroatoms. The third kappa shape index (κ3) is 4.76. The summed E-state index contributed by atoms with van der Waals surface area (Å²) in [6.07, 6.45) is 0. The van der Waals surface area contributed by atoms with Gasteiger partial charge in [-0.2, -0.15) is 0 Å². The van der Waals surface area contributed by atoms with E-state index < -0.39 is 4.92 Å². The van der Waals surface area contributed by atoms with Gasteiger partial charge in [-0.05, 0) is 11.1 Å². The Balaban J connectivity index is 1.86. The summed E-state index contributed by atoms with van der Waals surface area (Å²) < 4.78 is 17.0. The average molecular weight is 365 g/mol. The number of nitrogens with zero attached hydrogens (tertiary/aromatic N) is 1. The molecule has 0 saturated heterocycles. The smallest absolute Gasteiger partial charge is 0.277 e. The molecule has 0 N–H and O–H groups in total. The minimum atomic E-state index is -0.482. The van der Waals surface area contributed by atoms with E-state index in [9.17, 15) is 10.1 Å². The first kappa shape index (κ1) is 18.3. The lowest BCUT2D eigenvalue weighted by Crippen LogP contribution is -2.03. The minimum Gasteiger partial charge on any atom is -0.490 e. The number of nitro benzene ring substituents is 1. The molecule has 0 heterocycles. The molecule has 0 amide bonds. The number of hydrogen-bond donors (Lipinski definition) is 0. The number of ether oxygens (including phenoxy) is 3. The van der Waals surface area contributed by atoms with Crippen molar-refractivity contribution in [1.82, 2.24) is 0 Å². The van der Waals surface area contributed by atoms with Crippen molar-refractivity contribution in [2.24, 2.45) is 0 Å². The number of rotatable bonds is 8. The lowest BCUT2D eigenvalue weighted by atomic mass is 10.2. The molecular formula is C21H19NO5. The molecule has 3 aromatic rings. The molecule has 0 bridgehead atoms. The number of non-ortho nitro benzene ring substituents is 1. The van der Waals surface area contributed by atoms with E-state index >= 15 is 0 Å². The highest BCUT2D eigenvalue weighted by molar-refractivity contribution is 5.58. The average Bonchev–Trinajstić information content (AvgIpc) is 2.71. The molecule has 3 rings (SSSR count). The predicted octanol–water partition coefficient (Wildman–Crippen LogP) is 4.76. The van der Waals surface area contributed by atoms with Crippen LogP contribution < -0.4 is 14.2 Å². The Labute approximate surface area is 157 Å². The third-order valence-corrected chi connectivity index (χ3v) is 3.89. The summed E-state index contributed by atoms with van der Waals surface area (Å²) in [5, 5.41) is 11.3. The van der Waals surface area contributed by atoms with E-state index in [-0.39, 0.29) is 30.4 Å². The summed E-state index contributed by atoms with van der Waals surface area (Å²) in [6, 6.07) is 21.8. The van der Waals surface area contributed by atoms with Crippen LogP contribution in [-0.4, -0.2) is 12.0 Å². The fourth-order valence-corrected chi connectivity index (χ4v) is 2.55. The van der Waals surface area contributed by atoms with Crippen molar-refractivity contribution in [3.63, 3.8) is 0 Å². The van der Waals surface area contributed by atoms with E-state index in [1.165, 1.54) is 19.2 Å². The molecule has 6 nitrogen and oxygen atoms in total. The zero-order valence-electron chi connectivity index (χ0n) is 14.8. The molecule has 0 unspecified atom stereocenters. The standard InChI is InChI=1S/C21H19NO5/c1-25-21-19(26-14-16-8-4-2-5-9-16)12-18(22(23)24)13-20(21)27-15-17-10-6-3-7-11-17/h2-13H,14-15H2,1H3. The van der Waals surface area contributed by atoms with Crippen LogP contribution in [-0.2, 0) is 13.2 Å². The monoisotopic (exact) mass is 365 g/mol. The second-order valence-electron chi connectivity index (χ2n) is 5.78. The van der Waals surface area contributed by atoms with Crippen molar-refractivity contribution in [2.75, 3.05) is 7.11 Å². The first-order valence-electron chi connectivity index (χ1n) is 8.37. The van der Waals surface area contributed by atoms with Crippen LogP contribution in [0.25, 0.3) is 0 Å². The van der Waals surface area contributed by atoms with Gasteiger partial charge in [0.15, 0.2) is 11.5 Å². The Hall–Kier alpha value is -3.54. The van der Waals surface area contributed by atoms with Gasteiger partial charge in [0.1, 0.15) is 13.2 Å². The largest absolute Gasteiger partial charge is 0.490 e. The molecule has 0 radical (unpaired) electrons. The second-order valence-corrected chi connectivity index (χ2v) is 5.78. The van der Waals surface area contributed by atoms with E-state index in [4.69, 9.17) is 14.2 Å². The maximum absolute atomic E-state index is 11.3. The summed E-state index contributed by atoms with van der Waals surface area (Å²) in [5.74, 6) is 0.852. The summed E-state index contributed by atoms with van der Waals surface area (Å²) in [4.78, 5) is 10.8. The third-order valence-electron chi connectivity index (χ3n) is 3.89. The number of benzene rings is 3. The number of methoxy groups -OCH3 is 1. The van der Waals surface area contributed by atoms with Gasteiger partial charge in [0, 0.05) is 0 Å². The topological polar surface area (TPSA) is 70.8 Å². The molecule has 0 aromatic heterocycles. The lowest BCUT2D eigenvalue weighted by Gasteiger charge is -2.15. The zero-order valence-corrected chi connectivity index (χ0v) is 14.8. The van der Waals surface area contributed by atoms with Gasteiger partial charge in [-0.1, -0.05) is 60.7 Å². The molecule has 0 fully saturated rings. The molecule has 0 aliphatic rings. The Morgan fingerprint density at radius 3 is 1.63 bits per heavy atom. The van der Waals surface area contributed by atoms with Gasteiger partial charge in [-0.25, -0.2) is 0 Å². The molecule has 0 aliphatic carbocycles. The number of nitro groups is 1. The van der Waals surface area contributed by atoms with Crippen molar-refractivity contribution >= 4 is 5.69 Å². The maximum Gasteiger partial charge on any atom is 0.277 e. The van der Waals surface area contributed by atoms with Gasteiger partial charge >= 0.3 is 0 Å². The van der Waals surface area contributed by atoms with Gasteiger partial charge in [0.05, 0.1) is 24.2 Å². The van der Waals surface area contributed by atoms with Crippen LogP contribution in [0.2, 0.25) is 0 Å². The van der Waals surface area contributed by atoms with Gasteiger partial charge in [0.25, 0.3) is 5.69 Å². The highest BCUT2D eigenvalue weighted by atomic mass is 16.6. The van der Waals surface area contributed by atoms with Crippen LogP contribution in [0.4, 0.5) is 5.69 Å². The SMILES string of the molecule is COc1c(OCc2ccccc2)cc([N+](=O)[O-])cc1OCc1ccccc1. The Morgan fingerprint density at radius 1 is 0.815 bits per heavy atom. The van der Waals surface area contributed by atoms with Gasteiger partial charge in [-0.3, -0.25) is 10.1 Å². The van der Waals surface area contributed by atoms with Crippen molar-refractivity contribution < 1.29 is 19.1 Å². The predicted molar refractivity (Wildman–Crippen MR) is 101 cm³/mol. The van der Waals surface area contributed by atoms with Gasteiger partial charge < -0.3 is 14.2 Å². The second kappa shape index (κ2) is 8.71. The Bertz CT molecular complexity index is 832. The highest BCUT2D eigenvalue weighted by Crippen LogP contribution is 2.41. The molecule has 0 spiro atoms. The van der Waals surface area contributed by atoms with Crippen LogP contribution in [0.5, 0.6) is 17.2 Å². The van der Waals surface area contributed by atoms with Crippen LogP contribution in [0.1, 0.15) is 11.1 Å². The molecule has 0 aliphatic heterocycles. The molecule has 27 heavy (non-hydrogen) atoms. The molecular weight excluding hydrogens is 346 g/mol. The van der Waals surface area contributed by atoms with E-state index in [0.29, 0.717) is 5.75 Å². The fraction of sp³-hybridized carbons (Fsp3) is 0.143. The van der Waals surface area contributed by atoms with Crippen LogP contribution in [0, 0.1) is 10.1 Å². The van der Waals surface area contributed by atoms with E-state index in [1.54, 1.807) is 0 Å². The van der Waals surface area contributed by atoms with Crippen LogP contribution >= 0.6 is 0 Å². The molecule has 0 saturated carbocycles. The van der Waals surface area contributed by atoms with Crippen LogP contribution in [0.15, 0.2) is 72.8 Å². The van der Waals surface area contributed by atoms with Gasteiger partial charge in [0.2, 0.25) is 5.75 Å². The highest BCUT2D eigenvalue weighted by Gasteiger charge is 2.20. The summed E-state index contributed by atoms with van der Waals surface area (Å²) in [7, 11) is 1.48. The van der Waals surface area contributed by atoms with Crippen LogP contribution in [0.3, 0.4) is 0 Å². The first-order chi connectivity index (χ1) is 13.2. The first-order valence-corrected chi connectivity index (χ1v) is 8.37. The van der Waals surface area contributed by atoms with Crippen molar-refractivity contribution in [2.45, 2.75) is 13.2 Å². The molecule has 138 valence electrons. The fourth-order valence-electron chi connectivity index (χ4n) is 2.55. The van der Waals surface area contributed by atoms with E-state index in [0.717, 1.165) is 11.1 Å². The normalized spacial score (nSPS) is 10.3. The molecule has 3 aromatic carbocycles. The van der Waals surface area contributed by atoms with Crippen molar-refractivity contribution in [1.29, 1.82) is 0 Å². The lowest BCUT2D eigenvalue weighted by molar-refractivity contribution is -0.385. The van der Waals surface area contributed by atoms with E-state index in [1.807, 2.05) is 60.7 Å². The minimum absolute atomic E-state index is 0.123. The molecule has 0 atom stereocenters. The Morgan fingerprint density at radius 2 is 1.26 bits per heavy atom. The summed E-state index contributed by atoms with van der Waals surface area (Å²) in [5.41, 5.74) is 1.76. The Kier molecular flexibility index (Phi) is 5.89. The van der Waals surface area contributed by atoms with Crippen molar-refractivity contribution in [3.05, 3.63) is 94.0 Å².